The third-order valence-corrected chi connectivity index (χ3v) is 7.30. The van der Waals surface area contributed by atoms with Crippen LogP contribution in [0.1, 0.15) is 43.2 Å². The molecule has 4 aliphatic rings. The number of amides is 2. The first-order chi connectivity index (χ1) is 14.6. The van der Waals surface area contributed by atoms with Gasteiger partial charge < -0.3 is 15.1 Å². The number of nitrogens with zero attached hydrogens (tertiary/aromatic N) is 3. The van der Waals surface area contributed by atoms with Gasteiger partial charge in [0.15, 0.2) is 0 Å². The molecule has 2 aliphatic carbocycles. The van der Waals surface area contributed by atoms with Gasteiger partial charge in [0.25, 0.3) is 0 Å². The van der Waals surface area contributed by atoms with Crippen molar-refractivity contribution in [3.8, 4) is 0 Å². The van der Waals surface area contributed by atoms with Crippen LogP contribution in [-0.4, -0.2) is 77.4 Å². The molecule has 30 heavy (non-hydrogen) atoms. The number of nitrogens with one attached hydrogen (secondary N) is 1. The molecule has 2 aliphatic heterocycles. The van der Waals surface area contributed by atoms with Crippen molar-refractivity contribution in [2.24, 2.45) is 5.92 Å². The quantitative estimate of drug-likeness (QED) is 0.777. The van der Waals surface area contributed by atoms with Gasteiger partial charge in [-0.05, 0) is 50.2 Å². The van der Waals surface area contributed by atoms with E-state index in [1.807, 2.05) is 9.80 Å². The van der Waals surface area contributed by atoms with E-state index in [0.717, 1.165) is 52.0 Å². The summed E-state index contributed by atoms with van der Waals surface area (Å²) in [6, 6.07) is 9.19. The van der Waals surface area contributed by atoms with Gasteiger partial charge >= 0.3 is 0 Å². The van der Waals surface area contributed by atoms with Crippen molar-refractivity contribution in [2.45, 2.75) is 63.7 Å². The lowest BCUT2D eigenvalue weighted by molar-refractivity contribution is -0.144. The number of aryl methyl sites for hydroxylation is 1. The molecule has 1 aromatic carbocycles. The Labute approximate surface area is 179 Å². The van der Waals surface area contributed by atoms with E-state index in [0.29, 0.717) is 12.6 Å². The highest BCUT2D eigenvalue weighted by Crippen LogP contribution is 2.38. The van der Waals surface area contributed by atoms with Gasteiger partial charge in [0.2, 0.25) is 11.8 Å². The highest BCUT2D eigenvalue weighted by atomic mass is 16.2. The molecule has 6 nitrogen and oxygen atoms in total. The van der Waals surface area contributed by atoms with Gasteiger partial charge in [0, 0.05) is 57.3 Å². The fourth-order valence-electron chi connectivity index (χ4n) is 5.14. The average molecular weight is 411 g/mol. The summed E-state index contributed by atoms with van der Waals surface area (Å²) in [5.74, 6) is 0.546. The predicted octanol–water partition coefficient (Wildman–Crippen LogP) is 1.77. The topological polar surface area (TPSA) is 55.9 Å². The van der Waals surface area contributed by atoms with Crippen LogP contribution in [0.2, 0.25) is 0 Å². The van der Waals surface area contributed by atoms with Crippen LogP contribution in [0.4, 0.5) is 0 Å². The lowest BCUT2D eigenvalue weighted by Crippen LogP contribution is -2.53. The minimum Gasteiger partial charge on any atom is -0.338 e. The van der Waals surface area contributed by atoms with Crippen LogP contribution in [0.15, 0.2) is 24.3 Å². The Hall–Kier alpha value is -1.92. The number of carbonyl (C=O) groups excluding carboxylic acids is 2. The van der Waals surface area contributed by atoms with Crippen molar-refractivity contribution in [1.82, 2.24) is 20.0 Å². The normalized spacial score (nSPS) is 27.0. The maximum absolute atomic E-state index is 13.4. The summed E-state index contributed by atoms with van der Waals surface area (Å²) in [7, 11) is 0. The molecule has 0 aromatic heterocycles. The Morgan fingerprint density at radius 1 is 1.03 bits per heavy atom. The molecule has 1 N–H and O–H groups in total. The first-order valence-corrected chi connectivity index (χ1v) is 11.7. The van der Waals surface area contributed by atoms with Gasteiger partial charge in [-0.3, -0.25) is 14.5 Å². The Morgan fingerprint density at radius 3 is 2.43 bits per heavy atom. The van der Waals surface area contributed by atoms with Gasteiger partial charge in [-0.15, -0.1) is 0 Å². The monoisotopic (exact) mass is 410 g/mol. The molecule has 2 heterocycles. The van der Waals surface area contributed by atoms with E-state index in [1.54, 1.807) is 0 Å². The van der Waals surface area contributed by atoms with Gasteiger partial charge in [-0.1, -0.05) is 24.3 Å². The highest BCUT2D eigenvalue weighted by Gasteiger charge is 2.48. The summed E-state index contributed by atoms with van der Waals surface area (Å²) >= 11 is 0. The summed E-state index contributed by atoms with van der Waals surface area (Å²) in [5, 5.41) is 3.32. The van der Waals surface area contributed by atoms with Gasteiger partial charge in [-0.25, -0.2) is 0 Å². The Kier molecular flexibility index (Phi) is 5.54. The second kappa shape index (κ2) is 8.31. The summed E-state index contributed by atoms with van der Waals surface area (Å²) in [5.41, 5.74) is 2.68. The molecule has 6 heteroatoms. The number of carbonyl (C=O) groups is 2. The molecule has 2 atom stereocenters. The van der Waals surface area contributed by atoms with Crippen LogP contribution in [0.5, 0.6) is 0 Å². The largest absolute Gasteiger partial charge is 0.338 e. The van der Waals surface area contributed by atoms with Gasteiger partial charge in [0.1, 0.15) is 6.04 Å². The third-order valence-electron chi connectivity index (χ3n) is 7.30. The standard InChI is InChI=1S/C24H34N4O2/c1-17-4-2-3-5-19(17)15-27(20-8-9-20)21-14-22(24(30)26-12-10-25-11-13-26)28(16-21)23(29)18-6-7-18/h2-5,18,20-22,25H,6-16H2,1H3. The van der Waals surface area contributed by atoms with E-state index in [-0.39, 0.29) is 29.8 Å². The summed E-state index contributed by atoms with van der Waals surface area (Å²) in [6.45, 7) is 7.00. The zero-order chi connectivity index (χ0) is 20.7. The summed E-state index contributed by atoms with van der Waals surface area (Å²) in [6.07, 6.45) is 5.22. The van der Waals surface area contributed by atoms with Crippen LogP contribution in [0, 0.1) is 12.8 Å². The van der Waals surface area contributed by atoms with E-state index < -0.39 is 0 Å². The molecule has 0 spiro atoms. The maximum atomic E-state index is 13.4. The van der Waals surface area contributed by atoms with E-state index >= 15 is 0 Å². The Morgan fingerprint density at radius 2 is 1.77 bits per heavy atom. The molecule has 1 aromatic rings. The van der Waals surface area contributed by atoms with Crippen molar-refractivity contribution in [3.05, 3.63) is 35.4 Å². The molecule has 0 bridgehead atoms. The van der Waals surface area contributed by atoms with Crippen molar-refractivity contribution in [3.63, 3.8) is 0 Å². The van der Waals surface area contributed by atoms with Crippen molar-refractivity contribution in [2.75, 3.05) is 32.7 Å². The van der Waals surface area contributed by atoms with E-state index in [4.69, 9.17) is 0 Å². The smallest absolute Gasteiger partial charge is 0.245 e. The molecular formula is C24H34N4O2. The maximum Gasteiger partial charge on any atom is 0.245 e. The predicted molar refractivity (Wildman–Crippen MR) is 116 cm³/mol. The number of hydrogen-bond acceptors (Lipinski definition) is 4. The molecule has 2 saturated carbocycles. The fourth-order valence-corrected chi connectivity index (χ4v) is 5.14. The molecule has 2 amide bonds. The number of benzene rings is 1. The van der Waals surface area contributed by atoms with E-state index in [2.05, 4.69) is 41.4 Å². The van der Waals surface area contributed by atoms with Crippen molar-refractivity contribution < 1.29 is 9.59 Å². The van der Waals surface area contributed by atoms with Crippen LogP contribution in [0.25, 0.3) is 0 Å². The first kappa shape index (κ1) is 20.0. The fraction of sp³-hybridized carbons (Fsp3) is 0.667. The minimum absolute atomic E-state index is 0.160. The van der Waals surface area contributed by atoms with Crippen LogP contribution in [0.3, 0.4) is 0 Å². The first-order valence-electron chi connectivity index (χ1n) is 11.7. The number of piperazine rings is 1. The molecule has 2 saturated heterocycles. The second-order valence-corrected chi connectivity index (χ2v) is 9.58. The molecular weight excluding hydrogens is 376 g/mol. The van der Waals surface area contributed by atoms with E-state index in [9.17, 15) is 9.59 Å². The summed E-state index contributed by atoms with van der Waals surface area (Å²) in [4.78, 5) is 33.0. The summed E-state index contributed by atoms with van der Waals surface area (Å²) < 4.78 is 0. The Bertz CT molecular complexity index is 798. The number of likely N-dealkylation sites (tertiary alicyclic amines) is 1. The number of hydrogen-bond donors (Lipinski definition) is 1. The average Bonchev–Trinajstić information content (AvgIpc) is 3.69. The molecule has 2 unspecified atom stereocenters. The van der Waals surface area contributed by atoms with Crippen LogP contribution < -0.4 is 5.32 Å². The zero-order valence-corrected chi connectivity index (χ0v) is 18.1. The molecule has 4 fully saturated rings. The molecule has 162 valence electrons. The minimum atomic E-state index is -0.278. The lowest BCUT2D eigenvalue weighted by Gasteiger charge is -2.32. The molecule has 0 radical (unpaired) electrons. The van der Waals surface area contributed by atoms with Gasteiger partial charge in [0.05, 0.1) is 0 Å². The zero-order valence-electron chi connectivity index (χ0n) is 18.1. The van der Waals surface area contributed by atoms with Crippen LogP contribution >= 0.6 is 0 Å². The Balaban J connectivity index is 1.36. The highest BCUT2D eigenvalue weighted by molar-refractivity contribution is 5.90. The number of rotatable bonds is 6. The second-order valence-electron chi connectivity index (χ2n) is 9.58. The van der Waals surface area contributed by atoms with Crippen LogP contribution in [-0.2, 0) is 16.1 Å². The third kappa shape index (κ3) is 4.12. The molecule has 5 rings (SSSR count). The van der Waals surface area contributed by atoms with Crippen molar-refractivity contribution >= 4 is 11.8 Å². The van der Waals surface area contributed by atoms with Crippen molar-refractivity contribution in [1.29, 1.82) is 0 Å². The SMILES string of the molecule is Cc1ccccc1CN(C1CC1)C1CC(C(=O)N2CCNCC2)N(C(=O)C2CC2)C1. The van der Waals surface area contributed by atoms with E-state index in [1.165, 1.54) is 24.0 Å². The van der Waals surface area contributed by atoms with Gasteiger partial charge in [-0.2, -0.15) is 0 Å². The lowest BCUT2D eigenvalue weighted by atomic mass is 10.1.